The molecule has 1 aliphatic rings. The Morgan fingerprint density at radius 3 is 2.68 bits per heavy atom. The van der Waals surface area contributed by atoms with Crippen LogP contribution in [-0.2, 0) is 6.42 Å². The van der Waals surface area contributed by atoms with Gasteiger partial charge in [-0.3, -0.25) is 4.79 Å². The summed E-state index contributed by atoms with van der Waals surface area (Å²) < 4.78 is 34.4. The Bertz CT molecular complexity index is 779. The van der Waals surface area contributed by atoms with Crippen molar-refractivity contribution in [1.82, 2.24) is 0 Å². The van der Waals surface area contributed by atoms with E-state index in [-0.39, 0.29) is 23.4 Å². The fraction of sp³-hybridized carbons (Fsp3) is 0.316. The van der Waals surface area contributed by atoms with Crippen molar-refractivity contribution in [2.45, 2.75) is 32.4 Å². The number of hydrogen-bond donors (Lipinski definition) is 0. The average molecular weight is 347 g/mol. The number of benzene rings is 2. The molecule has 132 valence electrons. The molecule has 1 amide bonds. The highest BCUT2D eigenvalue weighted by Gasteiger charge is 2.29. The van der Waals surface area contributed by atoms with Gasteiger partial charge in [-0.1, -0.05) is 18.2 Å². The first kappa shape index (κ1) is 17.2. The second-order valence-corrected chi connectivity index (χ2v) is 5.94. The topological polar surface area (TPSA) is 38.8 Å². The molecule has 0 radical (unpaired) electrons. The third-order valence-electron chi connectivity index (χ3n) is 4.37. The zero-order valence-corrected chi connectivity index (χ0v) is 14.0. The molecule has 1 aliphatic heterocycles. The first-order chi connectivity index (χ1) is 12.0. The van der Waals surface area contributed by atoms with Crippen LogP contribution in [0.5, 0.6) is 11.5 Å². The van der Waals surface area contributed by atoms with Crippen LogP contribution in [0.15, 0.2) is 42.5 Å². The molecule has 1 heterocycles. The lowest BCUT2D eigenvalue weighted by molar-refractivity contribution is -0.0512. The van der Waals surface area contributed by atoms with Gasteiger partial charge in [0.05, 0.1) is 7.11 Å². The van der Waals surface area contributed by atoms with Crippen LogP contribution in [0, 0.1) is 0 Å². The van der Waals surface area contributed by atoms with Crippen LogP contribution in [0.4, 0.5) is 14.5 Å². The minimum absolute atomic E-state index is 0.0467. The van der Waals surface area contributed by atoms with Gasteiger partial charge >= 0.3 is 6.61 Å². The molecule has 0 saturated carbocycles. The molecule has 4 nitrogen and oxygen atoms in total. The van der Waals surface area contributed by atoms with Gasteiger partial charge in [0.25, 0.3) is 5.91 Å². The van der Waals surface area contributed by atoms with Gasteiger partial charge in [-0.2, -0.15) is 8.78 Å². The van der Waals surface area contributed by atoms with E-state index in [0.717, 1.165) is 24.1 Å². The van der Waals surface area contributed by atoms with Gasteiger partial charge in [-0.25, -0.2) is 0 Å². The van der Waals surface area contributed by atoms with Crippen molar-refractivity contribution in [3.8, 4) is 11.5 Å². The number of nitrogens with zero attached hydrogens (tertiary/aromatic N) is 1. The van der Waals surface area contributed by atoms with Crippen molar-refractivity contribution >= 4 is 11.6 Å². The fourth-order valence-electron chi connectivity index (χ4n) is 3.13. The van der Waals surface area contributed by atoms with E-state index in [1.54, 1.807) is 4.90 Å². The Morgan fingerprint density at radius 2 is 1.96 bits per heavy atom. The Morgan fingerprint density at radius 1 is 1.20 bits per heavy atom. The molecule has 1 unspecified atom stereocenters. The minimum Gasteiger partial charge on any atom is -0.493 e. The van der Waals surface area contributed by atoms with Crippen LogP contribution in [0.3, 0.4) is 0 Å². The molecule has 6 heteroatoms. The number of rotatable bonds is 4. The van der Waals surface area contributed by atoms with Crippen LogP contribution >= 0.6 is 0 Å². The summed E-state index contributed by atoms with van der Waals surface area (Å²) in [4.78, 5) is 14.8. The average Bonchev–Trinajstić information content (AvgIpc) is 2.61. The van der Waals surface area contributed by atoms with Crippen LogP contribution in [0.1, 0.15) is 29.3 Å². The zero-order valence-electron chi connectivity index (χ0n) is 14.0. The van der Waals surface area contributed by atoms with Crippen molar-refractivity contribution < 1.29 is 23.0 Å². The second kappa shape index (κ2) is 7.09. The van der Waals surface area contributed by atoms with E-state index in [1.807, 2.05) is 31.2 Å². The molecule has 25 heavy (non-hydrogen) atoms. The first-order valence-corrected chi connectivity index (χ1v) is 8.05. The SMILES string of the molecule is COc1cc(C(=O)N2c3ccccc3CCC2C)ccc1OC(F)F. The maximum absolute atomic E-state index is 13.1. The molecule has 1 atom stereocenters. The Kier molecular flexibility index (Phi) is 4.88. The summed E-state index contributed by atoms with van der Waals surface area (Å²) in [5, 5.41) is 0. The monoisotopic (exact) mass is 347 g/mol. The number of methoxy groups -OCH3 is 1. The summed E-state index contributed by atoms with van der Waals surface area (Å²) in [6, 6.07) is 12.1. The normalized spacial score (nSPS) is 16.5. The number of hydrogen-bond acceptors (Lipinski definition) is 3. The molecule has 0 saturated heterocycles. The predicted molar refractivity (Wildman–Crippen MR) is 90.7 cm³/mol. The lowest BCUT2D eigenvalue weighted by Gasteiger charge is -2.35. The highest BCUT2D eigenvalue weighted by Crippen LogP contribution is 2.34. The lowest BCUT2D eigenvalue weighted by Crippen LogP contribution is -2.42. The van der Waals surface area contributed by atoms with Crippen LogP contribution < -0.4 is 14.4 Å². The van der Waals surface area contributed by atoms with Crippen molar-refractivity contribution in [2.75, 3.05) is 12.0 Å². The summed E-state index contributed by atoms with van der Waals surface area (Å²) in [5.74, 6) is -0.188. The van der Waals surface area contributed by atoms with Gasteiger partial charge in [-0.15, -0.1) is 0 Å². The summed E-state index contributed by atoms with van der Waals surface area (Å²) in [6.07, 6.45) is 1.79. The van der Waals surface area contributed by atoms with Gasteiger partial charge in [0.15, 0.2) is 11.5 Å². The van der Waals surface area contributed by atoms with E-state index in [0.29, 0.717) is 5.56 Å². The van der Waals surface area contributed by atoms with Crippen LogP contribution in [-0.4, -0.2) is 25.7 Å². The van der Waals surface area contributed by atoms with Crippen LogP contribution in [0.2, 0.25) is 0 Å². The zero-order chi connectivity index (χ0) is 18.0. The number of para-hydroxylation sites is 1. The van der Waals surface area contributed by atoms with Gasteiger partial charge in [0.1, 0.15) is 0 Å². The molecular formula is C19H19F2NO3. The summed E-state index contributed by atoms with van der Waals surface area (Å²) in [7, 11) is 1.35. The third-order valence-corrected chi connectivity index (χ3v) is 4.37. The van der Waals surface area contributed by atoms with E-state index in [4.69, 9.17) is 4.74 Å². The maximum Gasteiger partial charge on any atom is 0.387 e. The molecule has 0 N–H and O–H groups in total. The number of alkyl halides is 2. The van der Waals surface area contributed by atoms with Crippen molar-refractivity contribution in [2.24, 2.45) is 0 Å². The summed E-state index contributed by atoms with van der Waals surface area (Å²) in [5.41, 5.74) is 2.37. The number of anilines is 1. The summed E-state index contributed by atoms with van der Waals surface area (Å²) in [6.45, 7) is -0.955. The first-order valence-electron chi connectivity index (χ1n) is 8.05. The van der Waals surface area contributed by atoms with E-state index in [1.165, 1.54) is 25.3 Å². The number of amides is 1. The molecule has 3 rings (SSSR count). The Labute approximate surface area is 145 Å². The Hall–Kier alpha value is -2.63. The second-order valence-electron chi connectivity index (χ2n) is 5.94. The highest BCUT2D eigenvalue weighted by molar-refractivity contribution is 6.07. The molecule has 0 bridgehead atoms. The van der Waals surface area contributed by atoms with E-state index in [2.05, 4.69) is 4.74 Å². The number of carbonyl (C=O) groups excluding carboxylic acids is 1. The van der Waals surface area contributed by atoms with Crippen molar-refractivity contribution in [1.29, 1.82) is 0 Å². The molecule has 0 spiro atoms. The van der Waals surface area contributed by atoms with Crippen molar-refractivity contribution in [3.63, 3.8) is 0 Å². The van der Waals surface area contributed by atoms with Gasteiger partial charge in [-0.05, 0) is 49.6 Å². The molecule has 0 fully saturated rings. The minimum atomic E-state index is -2.95. The quantitative estimate of drug-likeness (QED) is 0.829. The van der Waals surface area contributed by atoms with Gasteiger partial charge < -0.3 is 14.4 Å². The molecule has 0 aromatic heterocycles. The predicted octanol–water partition coefficient (Wildman–Crippen LogP) is 4.28. The standard InChI is InChI=1S/C19H19F2NO3/c1-12-7-8-13-5-3-4-6-15(13)22(12)18(23)14-9-10-16(25-19(20)21)17(11-14)24-2/h3-6,9-12,19H,7-8H2,1-2H3. The van der Waals surface area contributed by atoms with Crippen molar-refractivity contribution in [3.05, 3.63) is 53.6 Å². The molecular weight excluding hydrogens is 328 g/mol. The molecule has 0 aliphatic carbocycles. The number of aryl methyl sites for hydroxylation is 1. The summed E-state index contributed by atoms with van der Waals surface area (Å²) >= 11 is 0. The Balaban J connectivity index is 1.95. The van der Waals surface area contributed by atoms with E-state index < -0.39 is 6.61 Å². The molecule has 2 aromatic rings. The van der Waals surface area contributed by atoms with Gasteiger partial charge in [0, 0.05) is 17.3 Å². The fourth-order valence-corrected chi connectivity index (χ4v) is 3.13. The smallest absolute Gasteiger partial charge is 0.387 e. The van der Waals surface area contributed by atoms with E-state index in [9.17, 15) is 13.6 Å². The lowest BCUT2D eigenvalue weighted by atomic mass is 9.95. The largest absolute Gasteiger partial charge is 0.493 e. The number of carbonyl (C=O) groups is 1. The number of fused-ring (bicyclic) bond motifs is 1. The third kappa shape index (κ3) is 3.43. The van der Waals surface area contributed by atoms with E-state index >= 15 is 0 Å². The van der Waals surface area contributed by atoms with Crippen LogP contribution in [0.25, 0.3) is 0 Å². The molecule has 2 aromatic carbocycles. The number of ether oxygens (including phenoxy) is 2. The highest BCUT2D eigenvalue weighted by atomic mass is 19.3. The number of halogens is 2. The van der Waals surface area contributed by atoms with Gasteiger partial charge in [0.2, 0.25) is 0 Å². The maximum atomic E-state index is 13.1.